The molecule has 0 unspecified atom stereocenters. The average molecular weight is 269 g/mol. The maximum atomic E-state index is 4.64. The molecule has 20 heavy (non-hydrogen) atoms. The van der Waals surface area contributed by atoms with E-state index in [9.17, 15) is 0 Å². The van der Waals surface area contributed by atoms with Gasteiger partial charge in [-0.05, 0) is 44.6 Å². The first-order chi connectivity index (χ1) is 9.53. The van der Waals surface area contributed by atoms with Crippen LogP contribution in [-0.2, 0) is 6.54 Å². The molecule has 1 saturated carbocycles. The number of nitrogens with zero attached hydrogens (tertiary/aromatic N) is 1. The normalized spacial score (nSPS) is 15.6. The third-order valence-corrected chi connectivity index (χ3v) is 3.53. The van der Waals surface area contributed by atoms with Crippen LogP contribution in [0.1, 0.15) is 39.2 Å². The zero-order chi connectivity index (χ0) is 14.2. The molecule has 3 nitrogen and oxygen atoms in total. The van der Waals surface area contributed by atoms with Crippen LogP contribution in [0.2, 0.25) is 0 Å². The third kappa shape index (κ3) is 3.10. The van der Waals surface area contributed by atoms with E-state index in [1.165, 1.54) is 29.2 Å². The standard InChI is InChI=1S/C17H23N3/c1-17(2,3)20-16-15-7-5-4-6-14(15)12(11-19-16)10-18-13-8-9-13/h4-7,11,13,18H,8-10H2,1-3H3,(H,19,20). The van der Waals surface area contributed by atoms with E-state index in [4.69, 9.17) is 0 Å². The van der Waals surface area contributed by atoms with Crippen LogP contribution >= 0.6 is 0 Å². The molecule has 106 valence electrons. The summed E-state index contributed by atoms with van der Waals surface area (Å²) in [5.41, 5.74) is 1.30. The number of hydrogen-bond donors (Lipinski definition) is 2. The van der Waals surface area contributed by atoms with Crippen LogP contribution < -0.4 is 10.6 Å². The minimum Gasteiger partial charge on any atom is -0.365 e. The topological polar surface area (TPSA) is 37.0 Å². The van der Waals surface area contributed by atoms with Crippen LogP contribution in [0.25, 0.3) is 10.8 Å². The monoisotopic (exact) mass is 269 g/mol. The lowest BCUT2D eigenvalue weighted by atomic mass is 10.0. The van der Waals surface area contributed by atoms with Gasteiger partial charge >= 0.3 is 0 Å². The number of anilines is 1. The highest BCUT2D eigenvalue weighted by molar-refractivity contribution is 5.94. The van der Waals surface area contributed by atoms with Gasteiger partial charge in [-0.1, -0.05) is 24.3 Å². The highest BCUT2D eigenvalue weighted by Gasteiger charge is 2.20. The van der Waals surface area contributed by atoms with Crippen molar-refractivity contribution in [3.8, 4) is 0 Å². The summed E-state index contributed by atoms with van der Waals surface area (Å²) in [7, 11) is 0. The summed E-state index contributed by atoms with van der Waals surface area (Å²) in [6.07, 6.45) is 4.63. The molecule has 2 aromatic rings. The second kappa shape index (κ2) is 5.06. The van der Waals surface area contributed by atoms with Gasteiger partial charge in [-0.3, -0.25) is 0 Å². The van der Waals surface area contributed by atoms with Crippen molar-refractivity contribution in [1.29, 1.82) is 0 Å². The Hall–Kier alpha value is -1.61. The van der Waals surface area contributed by atoms with Crippen LogP contribution in [0.3, 0.4) is 0 Å². The average Bonchev–Trinajstić information content (AvgIpc) is 3.20. The third-order valence-electron chi connectivity index (χ3n) is 3.53. The predicted octanol–water partition coefficient (Wildman–Crippen LogP) is 3.70. The van der Waals surface area contributed by atoms with Gasteiger partial charge in [-0.25, -0.2) is 4.98 Å². The fourth-order valence-electron chi connectivity index (χ4n) is 2.39. The lowest BCUT2D eigenvalue weighted by Gasteiger charge is -2.23. The van der Waals surface area contributed by atoms with Crippen LogP contribution in [0, 0.1) is 0 Å². The van der Waals surface area contributed by atoms with Gasteiger partial charge in [0.1, 0.15) is 5.82 Å². The molecule has 1 aromatic carbocycles. The Balaban J connectivity index is 1.95. The number of hydrogen-bond acceptors (Lipinski definition) is 3. The Kier molecular flexibility index (Phi) is 3.38. The number of rotatable bonds is 4. The molecule has 0 amide bonds. The van der Waals surface area contributed by atoms with Crippen LogP contribution in [0.4, 0.5) is 5.82 Å². The molecule has 0 atom stereocenters. The fourth-order valence-corrected chi connectivity index (χ4v) is 2.39. The highest BCUT2D eigenvalue weighted by atomic mass is 15.0. The largest absolute Gasteiger partial charge is 0.365 e. The number of pyridine rings is 1. The Morgan fingerprint density at radius 2 is 1.85 bits per heavy atom. The summed E-state index contributed by atoms with van der Waals surface area (Å²) in [6, 6.07) is 9.24. The van der Waals surface area contributed by atoms with Crippen molar-refractivity contribution in [1.82, 2.24) is 10.3 Å². The van der Waals surface area contributed by atoms with E-state index >= 15 is 0 Å². The Morgan fingerprint density at radius 3 is 2.50 bits per heavy atom. The second-order valence-electron chi connectivity index (χ2n) is 6.71. The molecular weight excluding hydrogens is 246 g/mol. The molecule has 3 rings (SSSR count). The first-order valence-electron chi connectivity index (χ1n) is 7.41. The molecule has 0 spiro atoms. The Morgan fingerprint density at radius 1 is 1.15 bits per heavy atom. The summed E-state index contributed by atoms with van der Waals surface area (Å²) in [5, 5.41) is 9.57. The molecule has 0 aliphatic heterocycles. The van der Waals surface area contributed by atoms with Gasteiger partial charge in [0, 0.05) is 29.7 Å². The molecule has 0 bridgehead atoms. The fraction of sp³-hybridized carbons (Fsp3) is 0.471. The Labute approximate surface area is 120 Å². The molecule has 1 fully saturated rings. The predicted molar refractivity (Wildman–Crippen MR) is 85.0 cm³/mol. The van der Waals surface area contributed by atoms with Gasteiger partial charge in [0.05, 0.1) is 0 Å². The van der Waals surface area contributed by atoms with E-state index in [1.807, 2.05) is 6.20 Å². The quantitative estimate of drug-likeness (QED) is 0.888. The zero-order valence-electron chi connectivity index (χ0n) is 12.5. The van der Waals surface area contributed by atoms with E-state index < -0.39 is 0 Å². The number of benzene rings is 1. The molecule has 1 heterocycles. The van der Waals surface area contributed by atoms with Crippen molar-refractivity contribution in [2.24, 2.45) is 0 Å². The first-order valence-corrected chi connectivity index (χ1v) is 7.41. The zero-order valence-corrected chi connectivity index (χ0v) is 12.5. The minimum absolute atomic E-state index is 0.0174. The van der Waals surface area contributed by atoms with Crippen molar-refractivity contribution >= 4 is 16.6 Å². The van der Waals surface area contributed by atoms with Crippen LogP contribution in [-0.4, -0.2) is 16.6 Å². The first kappa shape index (κ1) is 13.4. The van der Waals surface area contributed by atoms with Gasteiger partial charge in [0.2, 0.25) is 0 Å². The van der Waals surface area contributed by atoms with Gasteiger partial charge < -0.3 is 10.6 Å². The van der Waals surface area contributed by atoms with E-state index in [-0.39, 0.29) is 5.54 Å². The maximum Gasteiger partial charge on any atom is 0.134 e. The van der Waals surface area contributed by atoms with Gasteiger partial charge in [-0.2, -0.15) is 0 Å². The van der Waals surface area contributed by atoms with Crippen molar-refractivity contribution in [3.05, 3.63) is 36.0 Å². The highest BCUT2D eigenvalue weighted by Crippen LogP contribution is 2.27. The smallest absolute Gasteiger partial charge is 0.134 e. The van der Waals surface area contributed by atoms with Crippen molar-refractivity contribution in [2.75, 3.05) is 5.32 Å². The van der Waals surface area contributed by atoms with E-state index in [0.717, 1.165) is 18.4 Å². The molecule has 2 N–H and O–H groups in total. The SMILES string of the molecule is CC(C)(C)Nc1ncc(CNC2CC2)c2ccccc12. The molecule has 0 saturated heterocycles. The lowest BCUT2D eigenvalue weighted by molar-refractivity contribution is 0.631. The number of fused-ring (bicyclic) bond motifs is 1. The van der Waals surface area contributed by atoms with Crippen LogP contribution in [0.5, 0.6) is 0 Å². The number of aromatic nitrogens is 1. The van der Waals surface area contributed by atoms with Gasteiger partial charge in [-0.15, -0.1) is 0 Å². The van der Waals surface area contributed by atoms with Crippen LogP contribution in [0.15, 0.2) is 30.5 Å². The number of nitrogens with one attached hydrogen (secondary N) is 2. The van der Waals surface area contributed by atoms with Crippen molar-refractivity contribution < 1.29 is 0 Å². The molecule has 1 aromatic heterocycles. The summed E-state index contributed by atoms with van der Waals surface area (Å²) in [6.45, 7) is 7.39. The van der Waals surface area contributed by atoms with Crippen molar-refractivity contribution in [3.63, 3.8) is 0 Å². The van der Waals surface area contributed by atoms with E-state index in [0.29, 0.717) is 0 Å². The van der Waals surface area contributed by atoms with Crippen molar-refractivity contribution in [2.45, 2.75) is 51.7 Å². The summed E-state index contributed by atoms with van der Waals surface area (Å²) >= 11 is 0. The van der Waals surface area contributed by atoms with E-state index in [2.05, 4.69) is 60.7 Å². The molecule has 1 aliphatic carbocycles. The maximum absolute atomic E-state index is 4.64. The van der Waals surface area contributed by atoms with Gasteiger partial charge in [0.25, 0.3) is 0 Å². The second-order valence-corrected chi connectivity index (χ2v) is 6.71. The summed E-state index contributed by atoms with van der Waals surface area (Å²) in [4.78, 5) is 4.64. The molecular formula is C17H23N3. The molecule has 1 aliphatic rings. The minimum atomic E-state index is 0.0174. The Bertz CT molecular complexity index is 609. The molecule has 3 heteroatoms. The summed E-state index contributed by atoms with van der Waals surface area (Å²) < 4.78 is 0. The van der Waals surface area contributed by atoms with E-state index in [1.54, 1.807) is 0 Å². The lowest BCUT2D eigenvalue weighted by Crippen LogP contribution is -2.27. The van der Waals surface area contributed by atoms with Gasteiger partial charge in [0.15, 0.2) is 0 Å². The summed E-state index contributed by atoms with van der Waals surface area (Å²) in [5.74, 6) is 0.975. The molecule has 0 radical (unpaired) electrons.